The van der Waals surface area contributed by atoms with Gasteiger partial charge < -0.3 is 0 Å². The van der Waals surface area contributed by atoms with Gasteiger partial charge in [0.25, 0.3) is 0 Å². The van der Waals surface area contributed by atoms with Gasteiger partial charge in [0.2, 0.25) is 0 Å². The van der Waals surface area contributed by atoms with Gasteiger partial charge in [0.1, 0.15) is 22.4 Å². The fraction of sp³-hybridized carbons (Fsp3) is 0.0192. The van der Waals surface area contributed by atoms with Crippen molar-refractivity contribution in [1.82, 2.24) is 19.5 Å². The number of rotatable bonds is 4. The van der Waals surface area contributed by atoms with Crippen molar-refractivity contribution in [1.29, 1.82) is 0 Å². The smallest absolute Gasteiger partial charge is 0.145 e. The van der Waals surface area contributed by atoms with Gasteiger partial charge in [0.15, 0.2) is 0 Å². The molecule has 260 valence electrons. The van der Waals surface area contributed by atoms with Crippen LogP contribution in [-0.4, -0.2) is 19.5 Å². The normalized spacial score (nSPS) is 13.1. The highest BCUT2D eigenvalue weighted by Crippen LogP contribution is 2.63. The average Bonchev–Trinajstić information content (AvgIpc) is 3.92. The molecule has 7 aromatic carbocycles. The lowest BCUT2D eigenvalue weighted by atomic mass is 9.70. The number of para-hydroxylation sites is 1. The number of fused-ring (bicyclic) bond motifs is 13. The molecule has 1 spiro atoms. The Kier molecular flexibility index (Phi) is 6.52. The first-order valence-electron chi connectivity index (χ1n) is 19.1. The Morgan fingerprint density at radius 2 is 0.946 bits per heavy atom. The minimum atomic E-state index is -0.378. The second-order valence-electron chi connectivity index (χ2n) is 14.7. The van der Waals surface area contributed by atoms with Crippen LogP contribution in [0.5, 0.6) is 0 Å². The maximum absolute atomic E-state index is 5.40. The third-order valence-corrected chi connectivity index (χ3v) is 11.9. The second-order valence-corrected chi connectivity index (χ2v) is 14.7. The Hall–Kier alpha value is -7.43. The van der Waals surface area contributed by atoms with Crippen LogP contribution in [-0.2, 0) is 5.41 Å². The Bertz CT molecular complexity index is 3120. The molecule has 10 aromatic rings. The maximum Gasteiger partial charge on any atom is 0.145 e. The first-order valence-corrected chi connectivity index (χ1v) is 19.1. The zero-order valence-corrected chi connectivity index (χ0v) is 30.3. The van der Waals surface area contributed by atoms with E-state index >= 15 is 0 Å². The van der Waals surface area contributed by atoms with E-state index in [2.05, 4.69) is 168 Å². The van der Waals surface area contributed by atoms with Crippen LogP contribution in [0.4, 0.5) is 0 Å². The van der Waals surface area contributed by atoms with E-state index < -0.39 is 0 Å². The van der Waals surface area contributed by atoms with Crippen molar-refractivity contribution in [3.63, 3.8) is 0 Å². The standard InChI is InChI=1S/C52H32N4/c1-3-14-34(15-4-1)47-50-49(48-46(54-47)24-13-31-53-48)55-51(56(50)37-16-5-2-6-17-37)35-27-25-33(26-28-35)36-29-30-41-40-20-9-12-23-44(40)52(45(41)32-36)42-21-10-7-18-38(42)39-19-8-11-22-43(39)52/h1-32H. The molecule has 0 bridgehead atoms. The van der Waals surface area contributed by atoms with Crippen LogP contribution in [0.15, 0.2) is 194 Å². The number of benzene rings is 7. The van der Waals surface area contributed by atoms with Gasteiger partial charge in [-0.1, -0.05) is 158 Å². The number of aromatic nitrogens is 4. The Balaban J connectivity index is 1.05. The highest BCUT2D eigenvalue weighted by Gasteiger charge is 2.51. The van der Waals surface area contributed by atoms with E-state index in [1.165, 1.54) is 50.1 Å². The molecule has 56 heavy (non-hydrogen) atoms. The van der Waals surface area contributed by atoms with Crippen LogP contribution in [0, 0.1) is 0 Å². The SMILES string of the molecule is c1ccc(-c2nc3cccnc3c3nc(-c4ccc(-c5ccc6c(c5)C5(c7ccccc7-c7ccccc75)c5ccccc5-6)cc4)n(-c4ccccc4)c23)cc1. The van der Waals surface area contributed by atoms with E-state index in [0.717, 1.165) is 56.0 Å². The molecule has 0 amide bonds. The molecular weight excluding hydrogens is 681 g/mol. The molecule has 2 aliphatic rings. The molecule has 12 rings (SSSR count). The Morgan fingerprint density at radius 1 is 0.393 bits per heavy atom. The summed E-state index contributed by atoms with van der Waals surface area (Å²) in [6.07, 6.45) is 1.82. The van der Waals surface area contributed by atoms with Gasteiger partial charge in [-0.2, -0.15) is 0 Å². The molecule has 4 nitrogen and oxygen atoms in total. The lowest BCUT2D eigenvalue weighted by Crippen LogP contribution is -2.25. The van der Waals surface area contributed by atoms with Crippen molar-refractivity contribution in [2.75, 3.05) is 0 Å². The van der Waals surface area contributed by atoms with E-state index in [9.17, 15) is 0 Å². The van der Waals surface area contributed by atoms with Crippen LogP contribution < -0.4 is 0 Å². The van der Waals surface area contributed by atoms with Crippen LogP contribution >= 0.6 is 0 Å². The van der Waals surface area contributed by atoms with Crippen molar-refractivity contribution in [2.24, 2.45) is 0 Å². The summed E-state index contributed by atoms with van der Waals surface area (Å²) >= 11 is 0. The molecule has 0 aliphatic heterocycles. The molecule has 0 fully saturated rings. The predicted molar refractivity (Wildman–Crippen MR) is 227 cm³/mol. The largest absolute Gasteiger partial charge is 0.290 e. The third kappa shape index (κ3) is 4.21. The molecule has 0 atom stereocenters. The number of nitrogens with zero attached hydrogens (tertiary/aromatic N) is 4. The molecule has 2 aliphatic carbocycles. The minimum absolute atomic E-state index is 0.378. The predicted octanol–water partition coefficient (Wildman–Crippen LogP) is 12.3. The second kappa shape index (κ2) is 11.8. The zero-order chi connectivity index (χ0) is 36.8. The summed E-state index contributed by atoms with van der Waals surface area (Å²) < 4.78 is 2.25. The highest BCUT2D eigenvalue weighted by molar-refractivity contribution is 6.07. The van der Waals surface area contributed by atoms with Crippen LogP contribution in [0.1, 0.15) is 22.3 Å². The monoisotopic (exact) mass is 712 g/mol. The molecule has 3 aromatic heterocycles. The third-order valence-electron chi connectivity index (χ3n) is 11.9. The van der Waals surface area contributed by atoms with Crippen molar-refractivity contribution in [3.05, 3.63) is 217 Å². The summed E-state index contributed by atoms with van der Waals surface area (Å²) in [6.45, 7) is 0. The number of pyridine rings is 2. The fourth-order valence-corrected chi connectivity index (χ4v) is 9.55. The average molecular weight is 713 g/mol. The summed E-state index contributed by atoms with van der Waals surface area (Å²) in [5, 5.41) is 0. The molecule has 0 N–H and O–H groups in total. The Labute approximate surface area is 324 Å². The van der Waals surface area contributed by atoms with Crippen LogP contribution in [0.2, 0.25) is 0 Å². The molecular formula is C52H32N4. The topological polar surface area (TPSA) is 43.6 Å². The fourth-order valence-electron chi connectivity index (χ4n) is 9.55. The van der Waals surface area contributed by atoms with Crippen molar-refractivity contribution in [3.8, 4) is 61.7 Å². The lowest BCUT2D eigenvalue weighted by molar-refractivity contribution is 0.794. The van der Waals surface area contributed by atoms with Crippen LogP contribution in [0.3, 0.4) is 0 Å². The van der Waals surface area contributed by atoms with E-state index in [0.29, 0.717) is 0 Å². The van der Waals surface area contributed by atoms with Crippen molar-refractivity contribution < 1.29 is 0 Å². The quantitative estimate of drug-likeness (QED) is 0.182. The first kappa shape index (κ1) is 31.0. The van der Waals surface area contributed by atoms with Gasteiger partial charge in [-0.15, -0.1) is 0 Å². The summed E-state index contributed by atoms with van der Waals surface area (Å²) in [7, 11) is 0. The highest BCUT2D eigenvalue weighted by atomic mass is 15.1. The van der Waals surface area contributed by atoms with E-state index in [1.54, 1.807) is 0 Å². The van der Waals surface area contributed by atoms with Gasteiger partial charge >= 0.3 is 0 Å². The molecule has 4 heteroatoms. The van der Waals surface area contributed by atoms with Gasteiger partial charge in [0, 0.05) is 23.0 Å². The summed E-state index contributed by atoms with van der Waals surface area (Å²) in [6, 6.07) is 67.7. The number of imidazole rings is 1. The zero-order valence-electron chi connectivity index (χ0n) is 30.3. The van der Waals surface area contributed by atoms with E-state index in [-0.39, 0.29) is 5.41 Å². The number of hydrogen-bond acceptors (Lipinski definition) is 3. The van der Waals surface area contributed by atoms with Crippen LogP contribution in [0.25, 0.3) is 83.8 Å². The van der Waals surface area contributed by atoms with Gasteiger partial charge in [-0.05, 0) is 86.0 Å². The molecule has 0 saturated heterocycles. The van der Waals surface area contributed by atoms with Gasteiger partial charge in [0.05, 0.1) is 16.6 Å². The lowest BCUT2D eigenvalue weighted by Gasteiger charge is -2.30. The van der Waals surface area contributed by atoms with Gasteiger partial charge in [-0.3, -0.25) is 9.55 Å². The molecule has 0 unspecified atom stereocenters. The first-order chi connectivity index (χ1) is 27.8. The summed E-state index contributed by atoms with van der Waals surface area (Å²) in [5.74, 6) is 0.845. The van der Waals surface area contributed by atoms with Gasteiger partial charge in [-0.25, -0.2) is 9.97 Å². The Morgan fingerprint density at radius 3 is 1.61 bits per heavy atom. The minimum Gasteiger partial charge on any atom is -0.290 e. The molecule has 0 saturated carbocycles. The van der Waals surface area contributed by atoms with Crippen molar-refractivity contribution >= 4 is 22.1 Å². The molecule has 3 heterocycles. The summed E-state index contributed by atoms with van der Waals surface area (Å²) in [5.41, 5.74) is 19.9. The van der Waals surface area contributed by atoms with E-state index in [1.807, 2.05) is 30.5 Å². The van der Waals surface area contributed by atoms with Crippen molar-refractivity contribution in [2.45, 2.75) is 5.41 Å². The summed E-state index contributed by atoms with van der Waals surface area (Å²) in [4.78, 5) is 15.4. The maximum atomic E-state index is 5.40. The molecule has 0 radical (unpaired) electrons. The number of hydrogen-bond donors (Lipinski definition) is 0. The van der Waals surface area contributed by atoms with E-state index in [4.69, 9.17) is 15.0 Å².